The second-order valence-corrected chi connectivity index (χ2v) is 8.18. The lowest BCUT2D eigenvalue weighted by Crippen LogP contribution is -2.32. The molecule has 60 valence electrons. The number of rotatable bonds is 2. The fourth-order valence-corrected chi connectivity index (χ4v) is 2.29. The van der Waals surface area contributed by atoms with E-state index < -0.39 is 8.32 Å². The Hall–Kier alpha value is 0.137. The fourth-order valence-electron chi connectivity index (χ4n) is 1.11. The molecule has 1 atom stereocenters. The first kappa shape index (κ1) is 8.24. The summed E-state index contributed by atoms with van der Waals surface area (Å²) in [5.41, 5.74) is 0. The van der Waals surface area contributed by atoms with Gasteiger partial charge in [0, 0.05) is 6.61 Å². The van der Waals surface area contributed by atoms with Crippen LogP contribution in [0.2, 0.25) is 19.6 Å². The van der Waals surface area contributed by atoms with Crippen molar-refractivity contribution in [1.29, 1.82) is 0 Å². The molecule has 2 nitrogen and oxygen atoms in total. The van der Waals surface area contributed by atoms with Crippen LogP contribution in [0.25, 0.3) is 0 Å². The zero-order chi connectivity index (χ0) is 7.61. The Kier molecular flexibility index (Phi) is 2.49. The Bertz CT molecular complexity index is 103. The van der Waals surface area contributed by atoms with Crippen LogP contribution in [0.4, 0.5) is 0 Å². The molecule has 1 aliphatic rings. The van der Waals surface area contributed by atoms with E-state index in [-0.39, 0.29) is 0 Å². The van der Waals surface area contributed by atoms with Crippen molar-refractivity contribution in [1.82, 2.24) is 0 Å². The molecular formula is C7H16O2Si. The minimum Gasteiger partial charge on any atom is -0.412 e. The van der Waals surface area contributed by atoms with Crippen LogP contribution in [0.15, 0.2) is 0 Å². The normalized spacial score (nSPS) is 27.3. The summed E-state index contributed by atoms with van der Waals surface area (Å²) in [4.78, 5) is 0. The van der Waals surface area contributed by atoms with Crippen molar-refractivity contribution in [3.05, 3.63) is 0 Å². The summed E-state index contributed by atoms with van der Waals surface area (Å²) in [5.74, 6) is 0. The van der Waals surface area contributed by atoms with Crippen LogP contribution in [0.5, 0.6) is 0 Å². The minimum atomic E-state index is -1.30. The second-order valence-electron chi connectivity index (χ2n) is 3.72. The Balaban J connectivity index is 2.24. The highest BCUT2D eigenvalue weighted by Crippen LogP contribution is 2.14. The summed E-state index contributed by atoms with van der Waals surface area (Å²) >= 11 is 0. The molecule has 10 heavy (non-hydrogen) atoms. The van der Waals surface area contributed by atoms with E-state index in [2.05, 4.69) is 19.6 Å². The van der Waals surface area contributed by atoms with Gasteiger partial charge < -0.3 is 9.16 Å². The highest BCUT2D eigenvalue weighted by Gasteiger charge is 2.23. The predicted molar refractivity (Wildman–Crippen MR) is 43.7 cm³/mol. The Morgan fingerprint density at radius 3 is 2.50 bits per heavy atom. The molecule has 3 heteroatoms. The summed E-state index contributed by atoms with van der Waals surface area (Å²) in [5, 5.41) is 0. The van der Waals surface area contributed by atoms with Crippen molar-refractivity contribution in [2.45, 2.75) is 32.2 Å². The maximum atomic E-state index is 5.81. The van der Waals surface area contributed by atoms with Gasteiger partial charge in [-0.15, -0.1) is 0 Å². The van der Waals surface area contributed by atoms with Crippen molar-refractivity contribution < 1.29 is 9.16 Å². The van der Waals surface area contributed by atoms with Crippen molar-refractivity contribution >= 4 is 8.32 Å². The first-order valence-corrected chi connectivity index (χ1v) is 7.24. The molecule has 1 rings (SSSR count). The zero-order valence-corrected chi connectivity index (χ0v) is 8.02. The summed E-state index contributed by atoms with van der Waals surface area (Å²) in [6.45, 7) is 8.33. The maximum Gasteiger partial charge on any atom is 0.184 e. The van der Waals surface area contributed by atoms with Gasteiger partial charge in [-0.1, -0.05) is 0 Å². The average Bonchev–Trinajstić information content (AvgIpc) is 2.12. The van der Waals surface area contributed by atoms with Crippen LogP contribution in [0.3, 0.4) is 0 Å². The Morgan fingerprint density at radius 2 is 2.10 bits per heavy atom. The van der Waals surface area contributed by atoms with Gasteiger partial charge in [-0.2, -0.15) is 0 Å². The molecule has 0 saturated carbocycles. The molecule has 0 spiro atoms. The molecule has 0 aromatic heterocycles. The Morgan fingerprint density at radius 1 is 1.40 bits per heavy atom. The molecule has 0 bridgehead atoms. The molecule has 1 saturated heterocycles. The lowest BCUT2D eigenvalue weighted by atomic mass is 10.3. The maximum absolute atomic E-state index is 5.81. The summed E-state index contributed by atoms with van der Waals surface area (Å²) in [6, 6.07) is 0. The van der Waals surface area contributed by atoms with Gasteiger partial charge >= 0.3 is 0 Å². The van der Waals surface area contributed by atoms with Crippen LogP contribution in [-0.2, 0) is 9.16 Å². The van der Waals surface area contributed by atoms with E-state index in [1.165, 1.54) is 0 Å². The van der Waals surface area contributed by atoms with Gasteiger partial charge in [-0.05, 0) is 26.1 Å². The van der Waals surface area contributed by atoms with Gasteiger partial charge in [0.1, 0.15) is 0 Å². The lowest BCUT2D eigenvalue weighted by Gasteiger charge is -2.21. The van der Waals surface area contributed by atoms with Crippen LogP contribution in [0, 0.1) is 0 Å². The van der Waals surface area contributed by atoms with Crippen LogP contribution in [-0.4, -0.2) is 27.6 Å². The second kappa shape index (κ2) is 3.03. The van der Waals surface area contributed by atoms with Crippen molar-refractivity contribution in [3.63, 3.8) is 0 Å². The first-order valence-electron chi connectivity index (χ1n) is 3.83. The van der Waals surface area contributed by atoms with Crippen LogP contribution in [0.1, 0.15) is 6.42 Å². The summed E-state index contributed by atoms with van der Waals surface area (Å²) < 4.78 is 11.0. The van der Waals surface area contributed by atoms with E-state index in [0.717, 1.165) is 19.6 Å². The van der Waals surface area contributed by atoms with E-state index in [1.807, 2.05) is 0 Å². The molecule has 0 aromatic carbocycles. The molecule has 1 aliphatic heterocycles. The lowest BCUT2D eigenvalue weighted by molar-refractivity contribution is 0.137. The monoisotopic (exact) mass is 160 g/mol. The van der Waals surface area contributed by atoms with E-state index in [9.17, 15) is 0 Å². The molecule has 1 heterocycles. The summed E-state index contributed by atoms with van der Waals surface area (Å²) in [7, 11) is -1.30. The van der Waals surface area contributed by atoms with Crippen molar-refractivity contribution in [3.8, 4) is 0 Å². The number of hydrogen-bond acceptors (Lipinski definition) is 2. The van der Waals surface area contributed by atoms with Crippen molar-refractivity contribution in [2.75, 3.05) is 13.2 Å². The minimum absolute atomic E-state index is 0.395. The van der Waals surface area contributed by atoms with Gasteiger partial charge in [0.2, 0.25) is 0 Å². The van der Waals surface area contributed by atoms with E-state index >= 15 is 0 Å². The molecule has 0 N–H and O–H groups in total. The third-order valence-electron chi connectivity index (χ3n) is 1.41. The Labute approximate surface area is 63.7 Å². The van der Waals surface area contributed by atoms with Gasteiger partial charge in [0.15, 0.2) is 8.32 Å². The smallest absolute Gasteiger partial charge is 0.184 e. The number of hydrogen-bond donors (Lipinski definition) is 0. The molecule has 0 aliphatic carbocycles. The SMILES string of the molecule is C[Si](C)(C)O[C@H]1CCOC1. The van der Waals surface area contributed by atoms with E-state index in [4.69, 9.17) is 9.16 Å². The quantitative estimate of drug-likeness (QED) is 0.572. The largest absolute Gasteiger partial charge is 0.412 e. The molecule has 0 radical (unpaired) electrons. The highest BCUT2D eigenvalue weighted by atomic mass is 28.4. The molecule has 0 amide bonds. The average molecular weight is 160 g/mol. The summed E-state index contributed by atoms with van der Waals surface area (Å²) in [6.07, 6.45) is 1.48. The van der Waals surface area contributed by atoms with E-state index in [1.54, 1.807) is 0 Å². The van der Waals surface area contributed by atoms with Gasteiger partial charge in [-0.3, -0.25) is 0 Å². The molecule has 1 fully saturated rings. The third kappa shape index (κ3) is 2.81. The van der Waals surface area contributed by atoms with E-state index in [0.29, 0.717) is 6.10 Å². The molecular weight excluding hydrogens is 144 g/mol. The van der Waals surface area contributed by atoms with Gasteiger partial charge in [0.25, 0.3) is 0 Å². The van der Waals surface area contributed by atoms with Gasteiger partial charge in [0.05, 0.1) is 12.7 Å². The first-order chi connectivity index (χ1) is 4.58. The third-order valence-corrected chi connectivity index (χ3v) is 2.45. The highest BCUT2D eigenvalue weighted by molar-refractivity contribution is 6.69. The fraction of sp³-hybridized carbons (Fsp3) is 1.00. The molecule has 0 unspecified atom stereocenters. The van der Waals surface area contributed by atoms with Crippen LogP contribution < -0.4 is 0 Å². The van der Waals surface area contributed by atoms with Crippen molar-refractivity contribution in [2.24, 2.45) is 0 Å². The standard InChI is InChI=1S/C7H16O2Si/c1-10(2,3)9-7-4-5-8-6-7/h7H,4-6H2,1-3H3/t7-/m0/s1. The number of ether oxygens (including phenoxy) is 1. The van der Waals surface area contributed by atoms with Gasteiger partial charge in [-0.25, -0.2) is 0 Å². The molecule has 0 aromatic rings. The van der Waals surface area contributed by atoms with Crippen LogP contribution >= 0.6 is 0 Å². The zero-order valence-electron chi connectivity index (χ0n) is 7.02. The topological polar surface area (TPSA) is 18.5 Å². The predicted octanol–water partition coefficient (Wildman–Crippen LogP) is 1.63.